The Bertz CT molecular complexity index is 941. The summed E-state index contributed by atoms with van der Waals surface area (Å²) in [5.74, 6) is 3.22. The summed E-state index contributed by atoms with van der Waals surface area (Å²) in [5.41, 5.74) is 2.45. The van der Waals surface area contributed by atoms with Crippen molar-refractivity contribution in [2.24, 2.45) is 11.8 Å². The summed E-state index contributed by atoms with van der Waals surface area (Å²) in [6, 6.07) is 14.6. The van der Waals surface area contributed by atoms with Gasteiger partial charge >= 0.3 is 0 Å². The topological polar surface area (TPSA) is 51.2 Å². The van der Waals surface area contributed by atoms with Crippen molar-refractivity contribution in [2.75, 3.05) is 47.5 Å². The maximum atomic E-state index is 13.4. The van der Waals surface area contributed by atoms with Crippen LogP contribution in [-0.4, -0.2) is 63.2 Å². The second-order valence-corrected chi connectivity index (χ2v) is 9.55. The number of piperidine rings is 2. The van der Waals surface area contributed by atoms with Gasteiger partial charge in [-0.2, -0.15) is 0 Å². The van der Waals surface area contributed by atoms with Gasteiger partial charge in [-0.3, -0.25) is 9.69 Å². The molecule has 0 saturated carbocycles. The van der Waals surface area contributed by atoms with Crippen LogP contribution in [0.4, 0.5) is 0 Å². The minimum Gasteiger partial charge on any atom is -0.496 e. The van der Waals surface area contributed by atoms with Gasteiger partial charge in [0.05, 0.1) is 27.2 Å². The lowest BCUT2D eigenvalue weighted by Gasteiger charge is -2.38. The second kappa shape index (κ2) is 11.6. The van der Waals surface area contributed by atoms with E-state index in [1.807, 2.05) is 12.1 Å². The standard InChI is InChI=1S/C28H38N2O4/c1-32-25-18-27(34-3)26(33-2)17-24(25)20-29-13-7-10-23(19-29)28(31)30-14-11-22(12-15-30)16-21-8-5-4-6-9-21/h4-6,8-9,17-18,22-23H,7,10-16,19-20H2,1-3H3/t23-/m1/s1. The normalized spacial score (nSPS) is 19.6. The van der Waals surface area contributed by atoms with Gasteiger partial charge < -0.3 is 19.1 Å². The molecule has 0 radical (unpaired) electrons. The highest BCUT2D eigenvalue weighted by molar-refractivity contribution is 5.79. The van der Waals surface area contributed by atoms with E-state index in [2.05, 4.69) is 40.1 Å². The molecule has 1 amide bonds. The summed E-state index contributed by atoms with van der Waals surface area (Å²) in [6.45, 7) is 4.28. The molecular weight excluding hydrogens is 428 g/mol. The molecule has 4 rings (SSSR count). The Hall–Kier alpha value is -2.73. The molecule has 34 heavy (non-hydrogen) atoms. The molecule has 2 aromatic rings. The highest BCUT2D eigenvalue weighted by Crippen LogP contribution is 2.36. The van der Waals surface area contributed by atoms with Gasteiger partial charge in [0.1, 0.15) is 5.75 Å². The quantitative estimate of drug-likeness (QED) is 0.577. The third-order valence-electron chi connectivity index (χ3n) is 7.33. The summed E-state index contributed by atoms with van der Waals surface area (Å²) >= 11 is 0. The summed E-state index contributed by atoms with van der Waals surface area (Å²) in [6.07, 6.45) is 5.33. The molecule has 1 atom stereocenters. The van der Waals surface area contributed by atoms with Crippen LogP contribution in [0, 0.1) is 11.8 Å². The average Bonchev–Trinajstić information content (AvgIpc) is 2.89. The predicted octanol–water partition coefficient (Wildman–Crippen LogP) is 4.41. The van der Waals surface area contributed by atoms with Gasteiger partial charge in [0.25, 0.3) is 0 Å². The highest BCUT2D eigenvalue weighted by atomic mass is 16.5. The van der Waals surface area contributed by atoms with E-state index >= 15 is 0 Å². The Balaban J connectivity index is 1.33. The molecular formula is C28H38N2O4. The van der Waals surface area contributed by atoms with Crippen molar-refractivity contribution in [3.63, 3.8) is 0 Å². The number of benzene rings is 2. The number of likely N-dealkylation sites (tertiary alicyclic amines) is 2. The van der Waals surface area contributed by atoms with Gasteiger partial charge in [0.2, 0.25) is 5.91 Å². The first-order chi connectivity index (χ1) is 16.6. The minimum absolute atomic E-state index is 0.0746. The number of ether oxygens (including phenoxy) is 3. The Morgan fingerprint density at radius 3 is 2.24 bits per heavy atom. The minimum atomic E-state index is 0.0746. The second-order valence-electron chi connectivity index (χ2n) is 9.55. The van der Waals surface area contributed by atoms with E-state index in [1.165, 1.54) is 5.56 Å². The number of methoxy groups -OCH3 is 3. The van der Waals surface area contributed by atoms with Crippen LogP contribution in [0.2, 0.25) is 0 Å². The van der Waals surface area contributed by atoms with Gasteiger partial charge in [-0.25, -0.2) is 0 Å². The zero-order valence-electron chi connectivity index (χ0n) is 20.8. The van der Waals surface area contributed by atoms with Crippen molar-refractivity contribution in [3.05, 3.63) is 53.6 Å². The summed E-state index contributed by atoms with van der Waals surface area (Å²) in [5, 5.41) is 0. The predicted molar refractivity (Wildman–Crippen MR) is 134 cm³/mol. The van der Waals surface area contributed by atoms with E-state index in [-0.39, 0.29) is 5.92 Å². The maximum Gasteiger partial charge on any atom is 0.226 e. The third kappa shape index (κ3) is 5.84. The smallest absolute Gasteiger partial charge is 0.226 e. The van der Waals surface area contributed by atoms with Crippen LogP contribution < -0.4 is 14.2 Å². The highest BCUT2D eigenvalue weighted by Gasteiger charge is 2.32. The molecule has 0 bridgehead atoms. The van der Waals surface area contributed by atoms with E-state index in [0.29, 0.717) is 23.3 Å². The molecule has 184 valence electrons. The van der Waals surface area contributed by atoms with Crippen molar-refractivity contribution in [2.45, 2.75) is 38.6 Å². The van der Waals surface area contributed by atoms with Crippen LogP contribution in [0.5, 0.6) is 17.2 Å². The maximum absolute atomic E-state index is 13.4. The SMILES string of the molecule is COc1cc(OC)c(OC)cc1CN1CCC[C@@H](C(=O)N2CCC(Cc3ccccc3)CC2)C1. The molecule has 6 heteroatoms. The van der Waals surface area contributed by atoms with Gasteiger partial charge in [-0.15, -0.1) is 0 Å². The van der Waals surface area contributed by atoms with Crippen molar-refractivity contribution in [3.8, 4) is 17.2 Å². The van der Waals surface area contributed by atoms with Crippen molar-refractivity contribution < 1.29 is 19.0 Å². The molecule has 6 nitrogen and oxygen atoms in total. The molecule has 0 aromatic heterocycles. The molecule has 2 aliphatic rings. The molecule has 2 aromatic carbocycles. The number of carbonyl (C=O) groups is 1. The van der Waals surface area contributed by atoms with Crippen LogP contribution in [0.15, 0.2) is 42.5 Å². The molecule has 0 spiro atoms. The third-order valence-corrected chi connectivity index (χ3v) is 7.33. The monoisotopic (exact) mass is 466 g/mol. The van der Waals surface area contributed by atoms with Crippen LogP contribution in [0.3, 0.4) is 0 Å². The summed E-state index contributed by atoms with van der Waals surface area (Å²) in [7, 11) is 4.95. The van der Waals surface area contributed by atoms with Crippen LogP contribution in [0.1, 0.15) is 36.8 Å². The summed E-state index contributed by atoms with van der Waals surface area (Å²) < 4.78 is 16.5. The molecule has 0 unspecified atom stereocenters. The van der Waals surface area contributed by atoms with E-state index in [0.717, 1.165) is 76.1 Å². The Kier molecular flexibility index (Phi) is 8.33. The fourth-order valence-corrected chi connectivity index (χ4v) is 5.42. The number of nitrogens with zero attached hydrogens (tertiary/aromatic N) is 2. The number of carbonyl (C=O) groups excluding carboxylic acids is 1. The fourth-order valence-electron chi connectivity index (χ4n) is 5.42. The summed E-state index contributed by atoms with van der Waals surface area (Å²) in [4.78, 5) is 17.9. The number of amides is 1. The van der Waals surface area contributed by atoms with Gasteiger partial charge in [0.15, 0.2) is 11.5 Å². The van der Waals surface area contributed by atoms with Crippen LogP contribution in [-0.2, 0) is 17.8 Å². The molecule has 2 heterocycles. The number of hydrogen-bond donors (Lipinski definition) is 0. The Morgan fingerprint density at radius 2 is 1.56 bits per heavy atom. The van der Waals surface area contributed by atoms with Crippen molar-refractivity contribution in [1.29, 1.82) is 0 Å². The van der Waals surface area contributed by atoms with E-state index in [1.54, 1.807) is 21.3 Å². The van der Waals surface area contributed by atoms with Gasteiger partial charge in [0, 0.05) is 37.8 Å². The first-order valence-corrected chi connectivity index (χ1v) is 12.4. The number of hydrogen-bond acceptors (Lipinski definition) is 5. The zero-order valence-corrected chi connectivity index (χ0v) is 20.8. The van der Waals surface area contributed by atoms with Gasteiger partial charge in [-0.05, 0) is 56.2 Å². The van der Waals surface area contributed by atoms with E-state index < -0.39 is 0 Å². The first-order valence-electron chi connectivity index (χ1n) is 12.4. The Labute approximate surface area is 203 Å². The lowest BCUT2D eigenvalue weighted by atomic mass is 9.89. The van der Waals surface area contributed by atoms with E-state index in [9.17, 15) is 4.79 Å². The van der Waals surface area contributed by atoms with Gasteiger partial charge in [-0.1, -0.05) is 30.3 Å². The molecule has 0 aliphatic carbocycles. The molecule has 0 N–H and O–H groups in total. The lowest BCUT2D eigenvalue weighted by Crippen LogP contribution is -2.47. The first kappa shape index (κ1) is 24.4. The van der Waals surface area contributed by atoms with Crippen molar-refractivity contribution in [1.82, 2.24) is 9.80 Å². The lowest BCUT2D eigenvalue weighted by molar-refractivity contribution is -0.138. The average molecular weight is 467 g/mol. The van der Waals surface area contributed by atoms with Crippen LogP contribution >= 0.6 is 0 Å². The zero-order chi connectivity index (χ0) is 23.9. The number of rotatable bonds is 8. The van der Waals surface area contributed by atoms with Crippen LogP contribution in [0.25, 0.3) is 0 Å². The van der Waals surface area contributed by atoms with Crippen molar-refractivity contribution >= 4 is 5.91 Å². The fraction of sp³-hybridized carbons (Fsp3) is 0.536. The largest absolute Gasteiger partial charge is 0.496 e. The van der Waals surface area contributed by atoms with E-state index in [4.69, 9.17) is 14.2 Å². The molecule has 2 fully saturated rings. The molecule has 2 aliphatic heterocycles. The Morgan fingerprint density at radius 1 is 0.882 bits per heavy atom. The molecule has 2 saturated heterocycles.